The Labute approximate surface area is 105 Å². The van der Waals surface area contributed by atoms with Crippen LogP contribution in [0.25, 0.3) is 0 Å². The van der Waals surface area contributed by atoms with Gasteiger partial charge in [0, 0.05) is 12.6 Å². The first-order valence-electron chi connectivity index (χ1n) is 6.25. The van der Waals surface area contributed by atoms with Crippen LogP contribution in [0.4, 0.5) is 0 Å². The van der Waals surface area contributed by atoms with Crippen molar-refractivity contribution in [2.45, 2.75) is 26.3 Å². The van der Waals surface area contributed by atoms with Gasteiger partial charge in [0.2, 0.25) is 0 Å². The van der Waals surface area contributed by atoms with Crippen molar-refractivity contribution in [2.24, 2.45) is 5.73 Å². The highest BCUT2D eigenvalue weighted by molar-refractivity contribution is 5.27. The van der Waals surface area contributed by atoms with Crippen LogP contribution in [-0.4, -0.2) is 37.7 Å². The first kappa shape index (κ1) is 14.0. The topological polar surface area (TPSA) is 38.5 Å². The van der Waals surface area contributed by atoms with Crippen LogP contribution in [0.1, 0.15) is 19.4 Å². The highest BCUT2D eigenvalue weighted by atomic mass is 16.5. The van der Waals surface area contributed by atoms with Gasteiger partial charge < -0.3 is 15.4 Å². The predicted octanol–water partition coefficient (Wildman–Crippen LogP) is 1.91. The summed E-state index contributed by atoms with van der Waals surface area (Å²) in [7, 11) is 2.11. The van der Waals surface area contributed by atoms with Crippen molar-refractivity contribution in [2.75, 3.05) is 26.7 Å². The van der Waals surface area contributed by atoms with Crippen molar-refractivity contribution in [1.29, 1.82) is 0 Å². The van der Waals surface area contributed by atoms with Crippen molar-refractivity contribution >= 4 is 0 Å². The third kappa shape index (κ3) is 5.20. The first-order chi connectivity index (χ1) is 8.13. The molecule has 1 aromatic rings. The summed E-state index contributed by atoms with van der Waals surface area (Å²) in [5.74, 6) is 0.933. The van der Waals surface area contributed by atoms with Crippen LogP contribution >= 0.6 is 0 Å². The highest BCUT2D eigenvalue weighted by Crippen LogP contribution is 2.12. The van der Waals surface area contributed by atoms with Crippen LogP contribution in [0, 0.1) is 0 Å². The molecule has 1 aromatic carbocycles. The Kier molecular flexibility index (Phi) is 6.01. The number of rotatable bonds is 7. The van der Waals surface area contributed by atoms with Gasteiger partial charge in [0.15, 0.2) is 0 Å². The molecule has 0 amide bonds. The first-order valence-corrected chi connectivity index (χ1v) is 6.25. The maximum atomic E-state index is 5.69. The normalized spacial score (nSPS) is 11.2. The summed E-state index contributed by atoms with van der Waals surface area (Å²) in [6.45, 7) is 6.73. The summed E-state index contributed by atoms with van der Waals surface area (Å²) in [6.07, 6.45) is 0.927. The minimum atomic E-state index is 0.561. The minimum absolute atomic E-state index is 0.561. The Hall–Kier alpha value is -1.06. The van der Waals surface area contributed by atoms with Gasteiger partial charge in [-0.05, 0) is 51.6 Å². The van der Waals surface area contributed by atoms with Crippen LogP contribution < -0.4 is 10.5 Å². The average Bonchev–Trinajstić information content (AvgIpc) is 2.31. The number of nitrogens with zero attached hydrogens (tertiary/aromatic N) is 1. The SMILES string of the molecule is CC(C)N(C)CCOc1ccc(CCN)cc1. The molecule has 0 heterocycles. The average molecular weight is 236 g/mol. The van der Waals surface area contributed by atoms with E-state index < -0.39 is 0 Å². The molecular weight excluding hydrogens is 212 g/mol. The van der Waals surface area contributed by atoms with Gasteiger partial charge in [-0.3, -0.25) is 0 Å². The van der Waals surface area contributed by atoms with Crippen molar-refractivity contribution < 1.29 is 4.74 Å². The Morgan fingerprint density at radius 1 is 1.24 bits per heavy atom. The largest absolute Gasteiger partial charge is 0.492 e. The van der Waals surface area contributed by atoms with Gasteiger partial charge in [-0.15, -0.1) is 0 Å². The molecule has 17 heavy (non-hydrogen) atoms. The molecule has 3 nitrogen and oxygen atoms in total. The Morgan fingerprint density at radius 3 is 2.41 bits per heavy atom. The van der Waals surface area contributed by atoms with Crippen LogP contribution in [-0.2, 0) is 6.42 Å². The van der Waals surface area contributed by atoms with E-state index in [1.54, 1.807) is 0 Å². The van der Waals surface area contributed by atoms with Gasteiger partial charge in [-0.1, -0.05) is 12.1 Å². The molecule has 0 unspecified atom stereocenters. The fourth-order valence-corrected chi connectivity index (χ4v) is 1.48. The second-order valence-electron chi connectivity index (χ2n) is 4.61. The van der Waals surface area contributed by atoms with Crippen LogP contribution in [0.2, 0.25) is 0 Å². The monoisotopic (exact) mass is 236 g/mol. The second-order valence-corrected chi connectivity index (χ2v) is 4.61. The van der Waals surface area contributed by atoms with E-state index in [2.05, 4.69) is 37.9 Å². The molecule has 96 valence electrons. The Bertz CT molecular complexity index is 309. The van der Waals surface area contributed by atoms with Gasteiger partial charge in [0.1, 0.15) is 12.4 Å². The van der Waals surface area contributed by atoms with E-state index in [-0.39, 0.29) is 0 Å². The number of hydrogen-bond acceptors (Lipinski definition) is 3. The zero-order valence-electron chi connectivity index (χ0n) is 11.1. The molecule has 0 saturated heterocycles. The molecule has 0 aliphatic carbocycles. The number of hydrogen-bond donors (Lipinski definition) is 1. The maximum absolute atomic E-state index is 5.69. The maximum Gasteiger partial charge on any atom is 0.119 e. The lowest BCUT2D eigenvalue weighted by atomic mass is 10.1. The molecule has 0 aliphatic rings. The molecule has 0 aromatic heterocycles. The van der Waals surface area contributed by atoms with Gasteiger partial charge in [0.25, 0.3) is 0 Å². The lowest BCUT2D eigenvalue weighted by Gasteiger charge is -2.20. The standard InChI is InChI=1S/C14H24N2O/c1-12(2)16(3)10-11-17-14-6-4-13(5-7-14)8-9-15/h4-7,12H,8-11,15H2,1-3H3. The van der Waals surface area contributed by atoms with Gasteiger partial charge >= 0.3 is 0 Å². The van der Waals surface area contributed by atoms with Crippen LogP contribution in [0.5, 0.6) is 5.75 Å². The van der Waals surface area contributed by atoms with Gasteiger partial charge in [-0.2, -0.15) is 0 Å². The smallest absolute Gasteiger partial charge is 0.119 e. The number of nitrogens with two attached hydrogens (primary N) is 1. The molecule has 0 aliphatic heterocycles. The third-order valence-electron chi connectivity index (χ3n) is 2.95. The number of benzene rings is 1. The third-order valence-corrected chi connectivity index (χ3v) is 2.95. The van der Waals surface area contributed by atoms with Crippen molar-refractivity contribution in [3.63, 3.8) is 0 Å². The summed E-state index contributed by atoms with van der Waals surface area (Å²) in [5, 5.41) is 0. The van der Waals surface area contributed by atoms with Gasteiger partial charge in [-0.25, -0.2) is 0 Å². The summed E-state index contributed by atoms with van der Waals surface area (Å²) < 4.78 is 5.69. The lowest BCUT2D eigenvalue weighted by Crippen LogP contribution is -2.30. The fourth-order valence-electron chi connectivity index (χ4n) is 1.48. The van der Waals surface area contributed by atoms with Crippen LogP contribution in [0.3, 0.4) is 0 Å². The molecular formula is C14H24N2O. The molecule has 0 atom stereocenters. The lowest BCUT2D eigenvalue weighted by molar-refractivity contribution is 0.208. The van der Waals surface area contributed by atoms with E-state index in [0.717, 1.165) is 25.3 Å². The number of ether oxygens (including phenoxy) is 1. The summed E-state index contributed by atoms with van der Waals surface area (Å²) in [5.41, 5.74) is 6.77. The van der Waals surface area contributed by atoms with E-state index >= 15 is 0 Å². The van der Waals surface area contributed by atoms with Crippen LogP contribution in [0.15, 0.2) is 24.3 Å². The van der Waals surface area contributed by atoms with Crippen molar-refractivity contribution in [3.05, 3.63) is 29.8 Å². The summed E-state index contributed by atoms with van der Waals surface area (Å²) in [4.78, 5) is 2.27. The Morgan fingerprint density at radius 2 is 1.88 bits per heavy atom. The molecule has 0 radical (unpaired) electrons. The summed E-state index contributed by atoms with van der Waals surface area (Å²) >= 11 is 0. The van der Waals surface area contributed by atoms with E-state index in [1.165, 1.54) is 5.56 Å². The van der Waals surface area contributed by atoms with E-state index in [4.69, 9.17) is 10.5 Å². The summed E-state index contributed by atoms with van der Waals surface area (Å²) in [6, 6.07) is 8.74. The zero-order valence-corrected chi connectivity index (χ0v) is 11.1. The number of likely N-dealkylation sites (N-methyl/N-ethyl adjacent to an activating group) is 1. The molecule has 0 fully saturated rings. The van der Waals surface area contributed by atoms with E-state index in [1.807, 2.05) is 12.1 Å². The molecule has 1 rings (SSSR count). The van der Waals surface area contributed by atoms with E-state index in [0.29, 0.717) is 12.6 Å². The fraction of sp³-hybridized carbons (Fsp3) is 0.571. The molecule has 2 N–H and O–H groups in total. The van der Waals surface area contributed by atoms with Gasteiger partial charge in [0.05, 0.1) is 0 Å². The molecule has 0 spiro atoms. The molecule has 0 bridgehead atoms. The van der Waals surface area contributed by atoms with E-state index in [9.17, 15) is 0 Å². The van der Waals surface area contributed by atoms with Crippen molar-refractivity contribution in [3.8, 4) is 5.75 Å². The quantitative estimate of drug-likeness (QED) is 0.786. The Balaban J connectivity index is 2.32. The van der Waals surface area contributed by atoms with Crippen molar-refractivity contribution in [1.82, 2.24) is 4.90 Å². The minimum Gasteiger partial charge on any atom is -0.492 e. The predicted molar refractivity (Wildman–Crippen MR) is 72.5 cm³/mol. The second kappa shape index (κ2) is 7.30. The zero-order chi connectivity index (χ0) is 12.7. The highest BCUT2D eigenvalue weighted by Gasteiger charge is 2.02. The molecule has 3 heteroatoms. The molecule has 0 saturated carbocycles.